The van der Waals surface area contributed by atoms with E-state index in [4.69, 9.17) is 9.47 Å². The second-order valence-corrected chi connectivity index (χ2v) is 7.75. The molecular weight excluding hydrogens is 437 g/mol. The molecule has 0 saturated heterocycles. The van der Waals surface area contributed by atoms with Crippen LogP contribution in [0.5, 0.6) is 11.5 Å². The molecule has 0 atom stereocenters. The molecule has 1 aliphatic heterocycles. The number of carbonyl (C=O) groups excluding carboxylic acids is 1. The Morgan fingerprint density at radius 1 is 1.19 bits per heavy atom. The lowest BCUT2D eigenvalue weighted by Crippen LogP contribution is -2.33. The van der Waals surface area contributed by atoms with Crippen LogP contribution in [-0.4, -0.2) is 29.8 Å². The molecule has 5 nitrogen and oxygen atoms in total. The average molecular weight is 457 g/mol. The van der Waals surface area contributed by atoms with Gasteiger partial charge in [-0.15, -0.1) is 0 Å². The summed E-state index contributed by atoms with van der Waals surface area (Å²) in [5, 5.41) is 11.5. The van der Waals surface area contributed by atoms with E-state index in [9.17, 15) is 31.9 Å². The van der Waals surface area contributed by atoms with Gasteiger partial charge in [-0.3, -0.25) is 4.79 Å². The average Bonchev–Trinajstić information content (AvgIpc) is 2.70. The van der Waals surface area contributed by atoms with E-state index in [-0.39, 0.29) is 24.5 Å². The maximum absolute atomic E-state index is 14.3. The Morgan fingerprint density at radius 3 is 2.44 bits per heavy atom. The fourth-order valence-corrected chi connectivity index (χ4v) is 3.01. The van der Waals surface area contributed by atoms with E-state index in [1.165, 1.54) is 19.9 Å². The third-order valence-corrected chi connectivity index (χ3v) is 4.61. The van der Waals surface area contributed by atoms with Gasteiger partial charge in [0.1, 0.15) is 11.4 Å². The number of anilines is 1. The zero-order chi connectivity index (χ0) is 23.7. The van der Waals surface area contributed by atoms with Crippen LogP contribution in [-0.2, 0) is 11.0 Å². The number of hydrogen-bond donors (Lipinski definition) is 2. The maximum atomic E-state index is 14.3. The number of aliphatic hydroxyl groups excluding tert-OH is 1. The van der Waals surface area contributed by atoms with Gasteiger partial charge < -0.3 is 19.9 Å². The Hall–Kier alpha value is -3.14. The highest BCUT2D eigenvalue weighted by atomic mass is 19.4. The number of benzene rings is 2. The first-order valence-electron chi connectivity index (χ1n) is 9.54. The minimum atomic E-state index is -4.53. The summed E-state index contributed by atoms with van der Waals surface area (Å²) in [6, 6.07) is 4.67. The molecule has 0 aromatic heterocycles. The number of nitrogens with one attached hydrogen (secondary N) is 1. The molecule has 0 unspecified atom stereocenters. The van der Waals surface area contributed by atoms with Crippen LogP contribution in [0.3, 0.4) is 0 Å². The highest BCUT2D eigenvalue weighted by molar-refractivity contribution is 6.04. The SMILES string of the molecule is CC(C)(CO)Oc1c(F)cc(NC(=O)/C=C2\CCOc3cc(C(F)(F)F)ccc32)cc1F. The van der Waals surface area contributed by atoms with E-state index >= 15 is 0 Å². The molecule has 32 heavy (non-hydrogen) atoms. The third kappa shape index (κ3) is 5.37. The maximum Gasteiger partial charge on any atom is 0.416 e. The predicted molar refractivity (Wildman–Crippen MR) is 106 cm³/mol. The molecule has 10 heteroatoms. The first-order valence-corrected chi connectivity index (χ1v) is 9.54. The zero-order valence-electron chi connectivity index (χ0n) is 17.1. The van der Waals surface area contributed by atoms with Gasteiger partial charge in [0.05, 0.1) is 18.8 Å². The van der Waals surface area contributed by atoms with Crippen LogP contribution in [0.4, 0.5) is 27.6 Å². The summed E-state index contributed by atoms with van der Waals surface area (Å²) in [4.78, 5) is 12.4. The van der Waals surface area contributed by atoms with Crippen molar-refractivity contribution in [2.24, 2.45) is 0 Å². The van der Waals surface area contributed by atoms with Crippen LogP contribution < -0.4 is 14.8 Å². The lowest BCUT2D eigenvalue weighted by atomic mass is 9.97. The van der Waals surface area contributed by atoms with Crippen LogP contribution in [0.15, 0.2) is 36.4 Å². The Morgan fingerprint density at radius 2 is 1.84 bits per heavy atom. The second-order valence-electron chi connectivity index (χ2n) is 7.75. The number of ether oxygens (including phenoxy) is 2. The van der Waals surface area contributed by atoms with Crippen molar-refractivity contribution in [3.05, 3.63) is 59.2 Å². The summed E-state index contributed by atoms with van der Waals surface area (Å²) >= 11 is 0. The molecule has 0 radical (unpaired) electrons. The molecule has 1 amide bonds. The lowest BCUT2D eigenvalue weighted by molar-refractivity contribution is -0.137. The standard InChI is InChI=1S/C22H20F5NO4/c1-21(2,11-29)32-20-16(23)9-14(10-17(20)24)28-19(30)7-12-5-6-31-18-8-13(22(25,26)27)3-4-15(12)18/h3-4,7-10,29H,5-6,11H2,1-2H3,(H,28,30)/b12-7+. The van der Waals surface area contributed by atoms with E-state index < -0.39 is 47.2 Å². The summed E-state index contributed by atoms with van der Waals surface area (Å²) in [6.07, 6.45) is -3.13. The molecule has 0 bridgehead atoms. The van der Waals surface area contributed by atoms with E-state index in [0.717, 1.165) is 30.3 Å². The Labute approximate surface area is 180 Å². The van der Waals surface area contributed by atoms with E-state index in [1.54, 1.807) is 0 Å². The largest absolute Gasteiger partial charge is 0.493 e. The molecule has 2 aromatic carbocycles. The minimum absolute atomic E-state index is 0.00443. The molecule has 2 aromatic rings. The van der Waals surface area contributed by atoms with Crippen LogP contribution in [0.25, 0.3) is 5.57 Å². The van der Waals surface area contributed by atoms with Gasteiger partial charge in [-0.25, -0.2) is 8.78 Å². The minimum Gasteiger partial charge on any atom is -0.493 e. The molecular formula is C22H20F5NO4. The molecule has 172 valence electrons. The van der Waals surface area contributed by atoms with Gasteiger partial charge in [0.2, 0.25) is 5.91 Å². The van der Waals surface area contributed by atoms with Gasteiger partial charge in [0.25, 0.3) is 0 Å². The van der Waals surface area contributed by atoms with Crippen LogP contribution in [0.1, 0.15) is 31.4 Å². The first kappa shape index (κ1) is 23.5. The molecule has 0 fully saturated rings. The Bertz CT molecular complexity index is 1040. The topological polar surface area (TPSA) is 67.8 Å². The van der Waals surface area contributed by atoms with Crippen molar-refractivity contribution >= 4 is 17.2 Å². The smallest absolute Gasteiger partial charge is 0.416 e. The number of hydrogen-bond acceptors (Lipinski definition) is 4. The van der Waals surface area contributed by atoms with Crippen molar-refractivity contribution < 1.29 is 41.3 Å². The van der Waals surface area contributed by atoms with Crippen LogP contribution >= 0.6 is 0 Å². The van der Waals surface area contributed by atoms with Gasteiger partial charge >= 0.3 is 6.18 Å². The van der Waals surface area contributed by atoms with Crippen LogP contribution in [0.2, 0.25) is 0 Å². The van der Waals surface area contributed by atoms with Crippen molar-refractivity contribution in [1.82, 2.24) is 0 Å². The number of alkyl halides is 3. The van der Waals surface area contributed by atoms with Crippen molar-refractivity contribution in [2.45, 2.75) is 32.0 Å². The summed E-state index contributed by atoms with van der Waals surface area (Å²) in [5.74, 6) is -3.58. The van der Waals surface area contributed by atoms with Crippen molar-refractivity contribution in [3.8, 4) is 11.5 Å². The van der Waals surface area contributed by atoms with Crippen molar-refractivity contribution in [2.75, 3.05) is 18.5 Å². The van der Waals surface area contributed by atoms with Gasteiger partial charge in [-0.1, -0.05) is 6.07 Å². The molecule has 1 aliphatic rings. The van der Waals surface area contributed by atoms with Crippen molar-refractivity contribution in [3.63, 3.8) is 0 Å². The highest BCUT2D eigenvalue weighted by Gasteiger charge is 2.32. The summed E-state index contributed by atoms with van der Waals surface area (Å²) in [5.41, 5.74) is -1.54. The van der Waals surface area contributed by atoms with Gasteiger partial charge in [-0.2, -0.15) is 13.2 Å². The number of carbonyl (C=O) groups is 1. The van der Waals surface area contributed by atoms with Gasteiger partial charge in [-0.05, 0) is 31.6 Å². The van der Waals surface area contributed by atoms with Crippen molar-refractivity contribution in [1.29, 1.82) is 0 Å². The van der Waals surface area contributed by atoms with E-state index in [1.807, 2.05) is 0 Å². The fourth-order valence-electron chi connectivity index (χ4n) is 3.01. The number of halogens is 5. The third-order valence-electron chi connectivity index (χ3n) is 4.61. The lowest BCUT2D eigenvalue weighted by Gasteiger charge is -2.24. The number of fused-ring (bicyclic) bond motifs is 1. The Kier molecular flexibility index (Phi) is 6.45. The van der Waals surface area contributed by atoms with E-state index in [0.29, 0.717) is 11.1 Å². The number of rotatable bonds is 5. The second kappa shape index (κ2) is 8.78. The molecule has 2 N–H and O–H groups in total. The molecule has 0 saturated carbocycles. The van der Waals surface area contributed by atoms with Crippen LogP contribution in [0, 0.1) is 11.6 Å². The molecule has 1 heterocycles. The number of aliphatic hydroxyl groups is 1. The fraction of sp³-hybridized carbons (Fsp3) is 0.318. The number of amides is 1. The quantitative estimate of drug-likeness (QED) is 0.493. The molecule has 0 spiro atoms. The monoisotopic (exact) mass is 457 g/mol. The molecule has 0 aliphatic carbocycles. The summed E-state index contributed by atoms with van der Waals surface area (Å²) in [6.45, 7) is 2.48. The first-order chi connectivity index (χ1) is 14.9. The molecule has 3 rings (SSSR count). The summed E-state index contributed by atoms with van der Waals surface area (Å²) in [7, 11) is 0. The highest BCUT2D eigenvalue weighted by Crippen LogP contribution is 2.38. The van der Waals surface area contributed by atoms with Gasteiger partial charge in [0.15, 0.2) is 17.4 Å². The predicted octanol–water partition coefficient (Wildman–Crippen LogP) is 4.94. The zero-order valence-corrected chi connectivity index (χ0v) is 17.1. The van der Waals surface area contributed by atoms with Gasteiger partial charge in [0, 0.05) is 35.9 Å². The Balaban J connectivity index is 1.81. The normalized spacial score (nSPS) is 15.2. The summed E-state index contributed by atoms with van der Waals surface area (Å²) < 4.78 is 77.7. The van der Waals surface area contributed by atoms with E-state index in [2.05, 4.69) is 5.32 Å².